The minimum atomic E-state index is -4.87. The molecule has 2 unspecified atom stereocenters. The monoisotopic (exact) mass is 248 g/mol. The van der Waals surface area contributed by atoms with Gasteiger partial charge < -0.3 is 15.2 Å². The predicted molar refractivity (Wildman–Crippen MR) is 48.6 cm³/mol. The molecule has 8 heteroatoms. The molecule has 0 aromatic carbocycles. The standard InChI is InChI=1S/C9H7F3N2O3/c10-9(11,12)5-1-4(3-14-8(5)17)7(16)6(15)2-13/h1,3,6-7,15-16H,(H,14,17). The van der Waals surface area contributed by atoms with Crippen molar-refractivity contribution in [3.05, 3.63) is 33.7 Å². The summed E-state index contributed by atoms with van der Waals surface area (Å²) in [5.74, 6) is 0. The number of pyridine rings is 1. The number of hydrogen-bond donors (Lipinski definition) is 3. The Bertz CT molecular complexity index is 503. The van der Waals surface area contributed by atoms with E-state index in [9.17, 15) is 23.1 Å². The van der Waals surface area contributed by atoms with Crippen molar-refractivity contribution in [1.29, 1.82) is 5.26 Å². The summed E-state index contributed by atoms with van der Waals surface area (Å²) < 4.78 is 37.0. The van der Waals surface area contributed by atoms with E-state index in [-0.39, 0.29) is 0 Å². The fraction of sp³-hybridized carbons (Fsp3) is 0.333. The minimum Gasteiger partial charge on any atom is -0.384 e. The summed E-state index contributed by atoms with van der Waals surface area (Å²) in [6.45, 7) is 0. The van der Waals surface area contributed by atoms with Crippen LogP contribution in [0.15, 0.2) is 17.1 Å². The van der Waals surface area contributed by atoms with E-state index in [0.29, 0.717) is 6.07 Å². The summed E-state index contributed by atoms with van der Waals surface area (Å²) in [5, 5.41) is 26.6. The van der Waals surface area contributed by atoms with Crippen LogP contribution in [-0.4, -0.2) is 21.3 Å². The zero-order chi connectivity index (χ0) is 13.2. The van der Waals surface area contributed by atoms with E-state index in [2.05, 4.69) is 0 Å². The molecule has 5 nitrogen and oxygen atoms in total. The second-order valence-electron chi connectivity index (χ2n) is 3.19. The topological polar surface area (TPSA) is 97.1 Å². The van der Waals surface area contributed by atoms with Crippen LogP contribution < -0.4 is 5.56 Å². The molecule has 1 rings (SSSR count). The Morgan fingerprint density at radius 3 is 2.47 bits per heavy atom. The Kier molecular flexibility index (Phi) is 3.55. The van der Waals surface area contributed by atoms with Crippen molar-refractivity contribution in [2.24, 2.45) is 0 Å². The fourth-order valence-corrected chi connectivity index (χ4v) is 1.13. The van der Waals surface area contributed by atoms with Gasteiger partial charge in [0.25, 0.3) is 5.56 Å². The molecule has 3 N–H and O–H groups in total. The fourth-order valence-electron chi connectivity index (χ4n) is 1.13. The number of nitrogens with one attached hydrogen (secondary N) is 1. The number of aromatic amines is 1. The van der Waals surface area contributed by atoms with Crippen LogP contribution in [0, 0.1) is 11.3 Å². The van der Waals surface area contributed by atoms with Crippen LogP contribution in [0.2, 0.25) is 0 Å². The first-order chi connectivity index (χ1) is 7.77. The van der Waals surface area contributed by atoms with Crippen molar-refractivity contribution in [2.75, 3.05) is 0 Å². The van der Waals surface area contributed by atoms with Crippen LogP contribution in [-0.2, 0) is 6.18 Å². The van der Waals surface area contributed by atoms with Crippen molar-refractivity contribution >= 4 is 0 Å². The number of hydrogen-bond acceptors (Lipinski definition) is 4. The van der Waals surface area contributed by atoms with Crippen molar-refractivity contribution in [3.8, 4) is 6.07 Å². The van der Waals surface area contributed by atoms with Gasteiger partial charge in [0.2, 0.25) is 0 Å². The largest absolute Gasteiger partial charge is 0.421 e. The first kappa shape index (κ1) is 13.2. The van der Waals surface area contributed by atoms with E-state index in [1.54, 1.807) is 4.98 Å². The Morgan fingerprint density at radius 1 is 1.41 bits per heavy atom. The van der Waals surface area contributed by atoms with Crippen LogP contribution >= 0.6 is 0 Å². The summed E-state index contributed by atoms with van der Waals surface area (Å²) in [6.07, 6.45) is -7.76. The second-order valence-corrected chi connectivity index (χ2v) is 3.19. The van der Waals surface area contributed by atoms with Gasteiger partial charge in [0.1, 0.15) is 11.7 Å². The zero-order valence-corrected chi connectivity index (χ0v) is 8.19. The van der Waals surface area contributed by atoms with Gasteiger partial charge in [0.05, 0.1) is 6.07 Å². The quantitative estimate of drug-likeness (QED) is 0.656. The van der Waals surface area contributed by atoms with E-state index in [1.807, 2.05) is 0 Å². The van der Waals surface area contributed by atoms with Crippen molar-refractivity contribution in [1.82, 2.24) is 4.98 Å². The third-order valence-electron chi connectivity index (χ3n) is 2.00. The van der Waals surface area contributed by atoms with Gasteiger partial charge in [-0.2, -0.15) is 18.4 Å². The van der Waals surface area contributed by atoms with Gasteiger partial charge in [-0.3, -0.25) is 4.79 Å². The van der Waals surface area contributed by atoms with Crippen molar-refractivity contribution in [3.63, 3.8) is 0 Å². The van der Waals surface area contributed by atoms with E-state index in [4.69, 9.17) is 10.4 Å². The number of nitrogens with zero attached hydrogens (tertiary/aromatic N) is 1. The highest BCUT2D eigenvalue weighted by molar-refractivity contribution is 5.24. The molecule has 0 aliphatic rings. The predicted octanol–water partition coefficient (Wildman–Crippen LogP) is 0.312. The average Bonchev–Trinajstić information content (AvgIpc) is 2.26. The third-order valence-corrected chi connectivity index (χ3v) is 2.00. The average molecular weight is 248 g/mol. The summed E-state index contributed by atoms with van der Waals surface area (Å²) >= 11 is 0. The highest BCUT2D eigenvalue weighted by Gasteiger charge is 2.35. The number of aliphatic hydroxyl groups excluding tert-OH is 2. The Morgan fingerprint density at radius 2 is 2.00 bits per heavy atom. The highest BCUT2D eigenvalue weighted by Crippen LogP contribution is 2.28. The smallest absolute Gasteiger partial charge is 0.384 e. The minimum absolute atomic E-state index is 0.393. The van der Waals surface area contributed by atoms with Gasteiger partial charge in [0.15, 0.2) is 6.10 Å². The van der Waals surface area contributed by atoms with Crippen LogP contribution in [0.5, 0.6) is 0 Å². The van der Waals surface area contributed by atoms with Gasteiger partial charge in [-0.25, -0.2) is 0 Å². The van der Waals surface area contributed by atoms with Gasteiger partial charge >= 0.3 is 6.18 Å². The van der Waals surface area contributed by atoms with Gasteiger partial charge in [0, 0.05) is 11.8 Å². The molecule has 92 valence electrons. The van der Waals surface area contributed by atoms with Gasteiger partial charge in [-0.05, 0) is 6.07 Å². The Hall–Kier alpha value is -1.85. The lowest BCUT2D eigenvalue weighted by molar-refractivity contribution is -0.138. The van der Waals surface area contributed by atoms with Crippen molar-refractivity contribution in [2.45, 2.75) is 18.4 Å². The van der Waals surface area contributed by atoms with Gasteiger partial charge in [-0.1, -0.05) is 0 Å². The number of rotatable bonds is 2. The summed E-state index contributed by atoms with van der Waals surface area (Å²) in [4.78, 5) is 12.7. The Labute approximate surface area is 92.7 Å². The normalized spacial score (nSPS) is 15.1. The summed E-state index contributed by atoms with van der Waals surface area (Å²) in [5.41, 5.74) is -3.26. The number of aromatic nitrogens is 1. The molecule has 0 aliphatic heterocycles. The Balaban J connectivity index is 3.23. The number of H-pyrrole nitrogens is 1. The maximum Gasteiger partial charge on any atom is 0.421 e. The lowest BCUT2D eigenvalue weighted by Crippen LogP contribution is -2.24. The molecule has 0 aliphatic carbocycles. The molecule has 0 saturated carbocycles. The van der Waals surface area contributed by atoms with E-state index < -0.39 is 35.1 Å². The maximum atomic E-state index is 12.3. The molecule has 0 spiro atoms. The molecule has 17 heavy (non-hydrogen) atoms. The molecule has 0 bridgehead atoms. The zero-order valence-electron chi connectivity index (χ0n) is 8.19. The molecule has 1 aromatic rings. The SMILES string of the molecule is N#CC(O)C(O)c1c[nH]c(=O)c(C(F)(F)F)c1. The number of halogens is 3. The van der Waals surface area contributed by atoms with Crippen LogP contribution in [0.4, 0.5) is 13.2 Å². The first-order valence-corrected chi connectivity index (χ1v) is 4.33. The number of alkyl halides is 3. The lowest BCUT2D eigenvalue weighted by Gasteiger charge is -2.13. The molecule has 0 radical (unpaired) electrons. The molecule has 1 aromatic heterocycles. The van der Waals surface area contributed by atoms with E-state index in [1.165, 1.54) is 6.07 Å². The molecular weight excluding hydrogens is 241 g/mol. The molecule has 1 heterocycles. The first-order valence-electron chi connectivity index (χ1n) is 4.33. The van der Waals surface area contributed by atoms with E-state index >= 15 is 0 Å². The van der Waals surface area contributed by atoms with Crippen LogP contribution in [0.3, 0.4) is 0 Å². The molecule has 0 fully saturated rings. The van der Waals surface area contributed by atoms with Crippen LogP contribution in [0.1, 0.15) is 17.2 Å². The van der Waals surface area contributed by atoms with Gasteiger partial charge in [-0.15, -0.1) is 0 Å². The second kappa shape index (κ2) is 4.57. The number of nitriles is 1. The van der Waals surface area contributed by atoms with E-state index in [0.717, 1.165) is 6.20 Å². The highest BCUT2D eigenvalue weighted by atomic mass is 19.4. The van der Waals surface area contributed by atoms with Crippen molar-refractivity contribution < 1.29 is 23.4 Å². The maximum absolute atomic E-state index is 12.3. The molecular formula is C9H7F3N2O3. The summed E-state index contributed by atoms with van der Waals surface area (Å²) in [6, 6.07) is 1.66. The number of aliphatic hydroxyl groups is 2. The molecule has 2 atom stereocenters. The third kappa shape index (κ3) is 2.83. The summed E-state index contributed by atoms with van der Waals surface area (Å²) in [7, 11) is 0. The van der Waals surface area contributed by atoms with Crippen LogP contribution in [0.25, 0.3) is 0 Å². The molecule has 0 amide bonds. The molecule has 0 saturated heterocycles. The lowest BCUT2D eigenvalue weighted by atomic mass is 10.1.